The Hall–Kier alpha value is -0.240. The Balaban J connectivity index is 1.61. The molecule has 4 fully saturated rings. The largest absolute Gasteiger partial charge is 0.396 e. The Morgan fingerprint density at radius 3 is 2.24 bits per heavy atom. The summed E-state index contributed by atoms with van der Waals surface area (Å²) in [5.41, 5.74) is -1.90. The molecule has 0 spiro atoms. The van der Waals surface area contributed by atoms with Crippen molar-refractivity contribution >= 4 is 0 Å². The molecule has 0 aromatic heterocycles. The van der Waals surface area contributed by atoms with E-state index in [1.54, 1.807) is 0 Å². The topological polar surface area (TPSA) is 121 Å². The van der Waals surface area contributed by atoms with Crippen LogP contribution in [0, 0.1) is 46.3 Å². The van der Waals surface area contributed by atoms with Crippen LogP contribution in [0.3, 0.4) is 0 Å². The molecule has 0 saturated heterocycles. The molecule has 33 heavy (non-hydrogen) atoms. The highest BCUT2D eigenvalue weighted by atomic mass is 16.3. The predicted molar refractivity (Wildman–Crippen MR) is 126 cm³/mol. The molecule has 6 N–H and O–H groups in total. The normalized spacial score (nSPS) is 53.6. The lowest BCUT2D eigenvalue weighted by atomic mass is 9.42. The van der Waals surface area contributed by atoms with Gasteiger partial charge in [0.05, 0.1) is 30.0 Å². The van der Waals surface area contributed by atoms with Crippen molar-refractivity contribution in [1.82, 2.24) is 0 Å². The number of fused-ring (bicyclic) bond motifs is 5. The summed E-state index contributed by atoms with van der Waals surface area (Å²) in [6.07, 6.45) is 3.75. The summed E-state index contributed by atoms with van der Waals surface area (Å²) in [6.45, 7) is 8.70. The van der Waals surface area contributed by atoms with Gasteiger partial charge in [0.25, 0.3) is 0 Å². The first-order chi connectivity index (χ1) is 15.4. The third-order valence-electron chi connectivity index (χ3n) is 11.1. The van der Waals surface area contributed by atoms with Gasteiger partial charge in [0.1, 0.15) is 0 Å². The van der Waals surface area contributed by atoms with Gasteiger partial charge in [-0.05, 0) is 78.9 Å². The third-order valence-corrected chi connectivity index (χ3v) is 11.1. The molecule has 6 heteroatoms. The number of aliphatic hydroxyl groups excluding tert-OH is 5. The maximum Gasteiger partial charge on any atom is 0.0863 e. The highest BCUT2D eigenvalue weighted by Gasteiger charge is 2.72. The monoisotopic (exact) mass is 468 g/mol. The molecule has 0 aliphatic heterocycles. The van der Waals surface area contributed by atoms with E-state index < -0.39 is 41.3 Å². The molecule has 6 nitrogen and oxygen atoms in total. The molecule has 4 aliphatic rings. The summed E-state index contributed by atoms with van der Waals surface area (Å²) >= 11 is 0. The zero-order valence-corrected chi connectivity index (χ0v) is 21.0. The Kier molecular flexibility index (Phi) is 7.05. The van der Waals surface area contributed by atoms with Crippen LogP contribution in [-0.2, 0) is 0 Å². The molecule has 0 heterocycles. The fourth-order valence-electron chi connectivity index (χ4n) is 9.57. The lowest BCUT2D eigenvalue weighted by molar-refractivity contribution is -0.264. The SMILES string of the molecule is CC(CCC[C@@H](C)CO)[C@H]1[C@@H](O)C(O)C2[C@]3(O)C[C@@H](O)C4C[C@@H](O)CC[C@]4(C)C3CC[C@@]21C. The van der Waals surface area contributed by atoms with E-state index in [4.69, 9.17) is 0 Å². The first-order valence-electron chi connectivity index (χ1n) is 13.5. The molecule has 0 bridgehead atoms. The van der Waals surface area contributed by atoms with Crippen molar-refractivity contribution < 1.29 is 30.6 Å². The lowest BCUT2D eigenvalue weighted by Crippen LogP contribution is -2.68. The van der Waals surface area contributed by atoms with Crippen LogP contribution in [0.25, 0.3) is 0 Å². The van der Waals surface area contributed by atoms with Crippen LogP contribution in [-0.4, -0.2) is 67.3 Å². The van der Waals surface area contributed by atoms with E-state index in [1.807, 2.05) is 6.92 Å². The molecule has 4 aliphatic carbocycles. The molecule has 0 aromatic carbocycles. The van der Waals surface area contributed by atoms with Crippen molar-refractivity contribution in [2.75, 3.05) is 6.61 Å². The highest BCUT2D eigenvalue weighted by Crippen LogP contribution is 2.69. The zero-order valence-electron chi connectivity index (χ0n) is 21.0. The second kappa shape index (κ2) is 9.01. The summed E-state index contributed by atoms with van der Waals surface area (Å²) in [5, 5.41) is 65.7. The minimum atomic E-state index is -1.22. The maximum absolute atomic E-state index is 12.3. The van der Waals surface area contributed by atoms with E-state index in [1.165, 1.54) is 0 Å². The number of hydrogen-bond acceptors (Lipinski definition) is 6. The van der Waals surface area contributed by atoms with E-state index >= 15 is 0 Å². The number of aliphatic hydroxyl groups is 6. The highest BCUT2D eigenvalue weighted by molar-refractivity contribution is 5.21. The van der Waals surface area contributed by atoms with Crippen molar-refractivity contribution in [3.05, 3.63) is 0 Å². The van der Waals surface area contributed by atoms with Crippen LogP contribution in [0.4, 0.5) is 0 Å². The summed E-state index contributed by atoms with van der Waals surface area (Å²) < 4.78 is 0. The zero-order chi connectivity index (χ0) is 24.3. The van der Waals surface area contributed by atoms with Gasteiger partial charge < -0.3 is 30.6 Å². The molecule has 5 unspecified atom stereocenters. The molecule has 0 radical (unpaired) electrons. The van der Waals surface area contributed by atoms with Gasteiger partial charge in [0, 0.05) is 18.9 Å². The average molecular weight is 469 g/mol. The summed E-state index contributed by atoms with van der Waals surface area (Å²) in [7, 11) is 0. The molecule has 0 aromatic rings. The smallest absolute Gasteiger partial charge is 0.0863 e. The molecule has 4 saturated carbocycles. The maximum atomic E-state index is 12.3. The molecule has 192 valence electrons. The molecule has 13 atom stereocenters. The Morgan fingerprint density at radius 2 is 1.58 bits per heavy atom. The van der Waals surface area contributed by atoms with Crippen molar-refractivity contribution in [3.63, 3.8) is 0 Å². The standard InChI is InChI=1S/C27H48O6/c1-15(14-28)6-5-7-16(2)21-22(31)23(32)24-26(21,4)11-9-20-25(3)10-8-17(29)12-18(25)19(30)13-27(20,24)33/h15-24,28-33H,5-14H2,1-4H3/t15-,16?,17+,18?,19-,20?,21+,22-,23?,24?,25+,26-,27+/m1/s1. The minimum Gasteiger partial charge on any atom is -0.396 e. The predicted octanol–water partition coefficient (Wildman–Crippen LogP) is 2.47. The quantitative estimate of drug-likeness (QED) is 0.356. The molecular weight excluding hydrogens is 420 g/mol. The van der Waals surface area contributed by atoms with Gasteiger partial charge in [-0.3, -0.25) is 0 Å². The second-order valence-corrected chi connectivity index (χ2v) is 13.1. The summed E-state index contributed by atoms with van der Waals surface area (Å²) in [6, 6.07) is 0. The van der Waals surface area contributed by atoms with Crippen molar-refractivity contribution in [1.29, 1.82) is 0 Å². The van der Waals surface area contributed by atoms with Crippen molar-refractivity contribution in [3.8, 4) is 0 Å². The third kappa shape index (κ3) is 3.92. The first-order valence-corrected chi connectivity index (χ1v) is 13.5. The van der Waals surface area contributed by atoms with Gasteiger partial charge in [-0.15, -0.1) is 0 Å². The fourth-order valence-corrected chi connectivity index (χ4v) is 9.57. The van der Waals surface area contributed by atoms with Crippen LogP contribution < -0.4 is 0 Å². The Bertz CT molecular complexity index is 702. The van der Waals surface area contributed by atoms with E-state index in [-0.39, 0.29) is 48.0 Å². The summed E-state index contributed by atoms with van der Waals surface area (Å²) in [5.74, 6) is -0.211. The van der Waals surface area contributed by atoms with Crippen LogP contribution in [0.1, 0.15) is 85.5 Å². The number of rotatable bonds is 6. The molecular formula is C27H48O6. The van der Waals surface area contributed by atoms with E-state index in [0.717, 1.165) is 38.5 Å². The van der Waals surface area contributed by atoms with Crippen LogP contribution in [0.15, 0.2) is 0 Å². The Morgan fingerprint density at radius 1 is 0.909 bits per heavy atom. The van der Waals surface area contributed by atoms with Gasteiger partial charge in [-0.1, -0.05) is 40.5 Å². The van der Waals surface area contributed by atoms with Gasteiger partial charge in [-0.2, -0.15) is 0 Å². The van der Waals surface area contributed by atoms with Gasteiger partial charge in [-0.25, -0.2) is 0 Å². The Labute approximate surface area is 199 Å². The van der Waals surface area contributed by atoms with E-state index in [0.29, 0.717) is 12.8 Å². The van der Waals surface area contributed by atoms with Crippen LogP contribution in [0.2, 0.25) is 0 Å². The average Bonchev–Trinajstić information content (AvgIpc) is 2.95. The van der Waals surface area contributed by atoms with Gasteiger partial charge in [0.15, 0.2) is 0 Å². The van der Waals surface area contributed by atoms with E-state index in [9.17, 15) is 30.6 Å². The summed E-state index contributed by atoms with van der Waals surface area (Å²) in [4.78, 5) is 0. The second-order valence-electron chi connectivity index (χ2n) is 13.1. The lowest BCUT2D eigenvalue weighted by Gasteiger charge is -2.65. The van der Waals surface area contributed by atoms with Gasteiger partial charge >= 0.3 is 0 Å². The molecule has 4 rings (SSSR count). The number of hydrogen-bond donors (Lipinski definition) is 6. The first kappa shape index (κ1) is 25.8. The fraction of sp³-hybridized carbons (Fsp3) is 1.00. The van der Waals surface area contributed by atoms with Gasteiger partial charge in [0.2, 0.25) is 0 Å². The van der Waals surface area contributed by atoms with Crippen LogP contribution >= 0.6 is 0 Å². The molecule has 0 amide bonds. The minimum absolute atomic E-state index is 0.0393. The van der Waals surface area contributed by atoms with E-state index in [2.05, 4.69) is 20.8 Å². The van der Waals surface area contributed by atoms with Crippen LogP contribution in [0.5, 0.6) is 0 Å². The van der Waals surface area contributed by atoms with Crippen molar-refractivity contribution in [2.24, 2.45) is 46.3 Å². The van der Waals surface area contributed by atoms with Crippen molar-refractivity contribution in [2.45, 2.75) is 115 Å².